The van der Waals surface area contributed by atoms with Crippen LogP contribution in [0.2, 0.25) is 0 Å². The first-order valence-electron chi connectivity index (χ1n) is 7.64. The zero-order valence-electron chi connectivity index (χ0n) is 13.4. The van der Waals surface area contributed by atoms with Crippen LogP contribution >= 0.6 is 11.3 Å². The SMILES string of the molecule is Cc1nc(-c2ccco2)sc1CNC(=O)Nc1ccc2c(c1)OCO2. The number of rotatable bonds is 4. The second-order valence-electron chi connectivity index (χ2n) is 5.38. The van der Waals surface area contributed by atoms with Gasteiger partial charge < -0.3 is 24.5 Å². The molecule has 0 fully saturated rings. The molecular formula is C17H15N3O4S. The molecule has 0 unspecified atom stereocenters. The normalized spacial score (nSPS) is 12.2. The van der Waals surface area contributed by atoms with E-state index in [1.54, 1.807) is 24.5 Å². The molecule has 0 saturated heterocycles. The number of hydrogen-bond donors (Lipinski definition) is 2. The van der Waals surface area contributed by atoms with Gasteiger partial charge in [-0.2, -0.15) is 0 Å². The number of aromatic nitrogens is 1. The number of amides is 2. The fraction of sp³-hybridized carbons (Fsp3) is 0.176. The number of ether oxygens (including phenoxy) is 2. The van der Waals surface area contributed by atoms with Crippen LogP contribution in [0.15, 0.2) is 41.0 Å². The molecule has 0 aliphatic carbocycles. The maximum absolute atomic E-state index is 12.1. The third kappa shape index (κ3) is 3.29. The van der Waals surface area contributed by atoms with E-state index < -0.39 is 0 Å². The topological polar surface area (TPSA) is 85.6 Å². The number of benzene rings is 1. The summed E-state index contributed by atoms with van der Waals surface area (Å²) in [5, 5.41) is 6.41. The standard InChI is InChI=1S/C17H15N3O4S/c1-10-15(25-16(19-10)13-3-2-6-22-13)8-18-17(21)20-11-4-5-12-14(7-11)24-9-23-12/h2-7H,8-9H2,1H3,(H2,18,20,21). The lowest BCUT2D eigenvalue weighted by Gasteiger charge is -2.07. The average molecular weight is 357 g/mol. The molecule has 25 heavy (non-hydrogen) atoms. The van der Waals surface area contributed by atoms with Gasteiger partial charge in [-0.15, -0.1) is 11.3 Å². The lowest BCUT2D eigenvalue weighted by atomic mass is 10.3. The number of thiazole rings is 1. The molecule has 7 nitrogen and oxygen atoms in total. The Hall–Kier alpha value is -3.00. The van der Waals surface area contributed by atoms with E-state index in [1.165, 1.54) is 11.3 Å². The average Bonchev–Trinajstić information content (AvgIpc) is 3.33. The minimum Gasteiger partial charge on any atom is -0.462 e. The summed E-state index contributed by atoms with van der Waals surface area (Å²) < 4.78 is 15.9. The molecule has 2 aromatic heterocycles. The Labute approximate surface area is 147 Å². The Morgan fingerprint density at radius 3 is 3.00 bits per heavy atom. The largest absolute Gasteiger partial charge is 0.462 e. The van der Waals surface area contributed by atoms with E-state index in [4.69, 9.17) is 13.9 Å². The molecule has 8 heteroatoms. The number of aryl methyl sites for hydroxylation is 1. The Balaban J connectivity index is 1.37. The number of hydrogen-bond acceptors (Lipinski definition) is 6. The van der Waals surface area contributed by atoms with Crippen LogP contribution in [0.5, 0.6) is 11.5 Å². The smallest absolute Gasteiger partial charge is 0.319 e. The predicted molar refractivity (Wildman–Crippen MR) is 93.0 cm³/mol. The molecule has 0 radical (unpaired) electrons. The van der Waals surface area contributed by atoms with Crippen LogP contribution in [-0.4, -0.2) is 17.8 Å². The summed E-state index contributed by atoms with van der Waals surface area (Å²) in [6.45, 7) is 2.50. The van der Waals surface area contributed by atoms with Gasteiger partial charge in [0, 0.05) is 16.6 Å². The highest BCUT2D eigenvalue weighted by Crippen LogP contribution is 2.34. The zero-order valence-corrected chi connectivity index (χ0v) is 14.2. The van der Waals surface area contributed by atoms with Gasteiger partial charge in [0.15, 0.2) is 22.3 Å². The van der Waals surface area contributed by atoms with E-state index in [2.05, 4.69) is 15.6 Å². The molecule has 4 rings (SSSR count). The maximum Gasteiger partial charge on any atom is 0.319 e. The van der Waals surface area contributed by atoms with Crippen LogP contribution in [0, 0.1) is 6.92 Å². The first-order chi connectivity index (χ1) is 12.2. The van der Waals surface area contributed by atoms with Crippen LogP contribution in [0.4, 0.5) is 10.5 Å². The van der Waals surface area contributed by atoms with Crippen molar-refractivity contribution in [3.63, 3.8) is 0 Å². The molecular weight excluding hydrogens is 342 g/mol. The zero-order chi connectivity index (χ0) is 17.2. The Morgan fingerprint density at radius 2 is 2.16 bits per heavy atom. The summed E-state index contributed by atoms with van der Waals surface area (Å²) in [6.07, 6.45) is 1.61. The molecule has 0 atom stereocenters. The van der Waals surface area contributed by atoms with Gasteiger partial charge in [-0.3, -0.25) is 0 Å². The number of nitrogens with zero attached hydrogens (tertiary/aromatic N) is 1. The minimum absolute atomic E-state index is 0.202. The lowest BCUT2D eigenvalue weighted by Crippen LogP contribution is -2.28. The molecule has 0 saturated carbocycles. The van der Waals surface area contributed by atoms with E-state index in [9.17, 15) is 4.79 Å². The number of nitrogens with one attached hydrogen (secondary N) is 2. The molecule has 1 aromatic carbocycles. The number of carbonyl (C=O) groups excluding carboxylic acids is 1. The van der Waals surface area contributed by atoms with Crippen LogP contribution < -0.4 is 20.1 Å². The molecule has 2 amide bonds. The molecule has 0 bridgehead atoms. The highest BCUT2D eigenvalue weighted by molar-refractivity contribution is 7.15. The highest BCUT2D eigenvalue weighted by atomic mass is 32.1. The molecule has 3 heterocycles. The van der Waals surface area contributed by atoms with E-state index >= 15 is 0 Å². The quantitative estimate of drug-likeness (QED) is 0.742. The van der Waals surface area contributed by atoms with Crippen molar-refractivity contribution in [3.8, 4) is 22.3 Å². The molecule has 3 aromatic rings. The van der Waals surface area contributed by atoms with Crippen molar-refractivity contribution < 1.29 is 18.7 Å². The van der Waals surface area contributed by atoms with Crippen molar-refractivity contribution >= 4 is 23.1 Å². The predicted octanol–water partition coefficient (Wildman–Crippen LogP) is 3.76. The van der Waals surface area contributed by atoms with Gasteiger partial charge in [-0.05, 0) is 31.2 Å². The van der Waals surface area contributed by atoms with Gasteiger partial charge in [0.25, 0.3) is 0 Å². The second kappa shape index (κ2) is 6.48. The summed E-state index contributed by atoms with van der Waals surface area (Å²) >= 11 is 1.50. The number of fused-ring (bicyclic) bond motifs is 1. The van der Waals surface area contributed by atoms with Crippen LogP contribution in [0.3, 0.4) is 0 Å². The van der Waals surface area contributed by atoms with Crippen molar-refractivity contribution in [1.82, 2.24) is 10.3 Å². The number of urea groups is 1. The van der Waals surface area contributed by atoms with E-state index in [0.717, 1.165) is 21.3 Å². The number of carbonyl (C=O) groups is 1. The lowest BCUT2D eigenvalue weighted by molar-refractivity contribution is 0.174. The van der Waals surface area contributed by atoms with Gasteiger partial charge in [-0.1, -0.05) is 0 Å². The van der Waals surface area contributed by atoms with E-state index in [-0.39, 0.29) is 12.8 Å². The monoisotopic (exact) mass is 357 g/mol. The summed E-state index contributed by atoms with van der Waals surface area (Å²) in [6, 6.07) is 8.65. The van der Waals surface area contributed by atoms with Crippen molar-refractivity contribution in [3.05, 3.63) is 47.2 Å². The molecule has 128 valence electrons. The van der Waals surface area contributed by atoms with Gasteiger partial charge in [0.1, 0.15) is 0 Å². The Bertz CT molecular complexity index is 905. The summed E-state index contributed by atoms with van der Waals surface area (Å²) in [7, 11) is 0. The first-order valence-corrected chi connectivity index (χ1v) is 8.45. The van der Waals surface area contributed by atoms with E-state index in [1.807, 2.05) is 19.1 Å². The first kappa shape index (κ1) is 15.5. The van der Waals surface area contributed by atoms with Crippen molar-refractivity contribution in [1.29, 1.82) is 0 Å². The van der Waals surface area contributed by atoms with Gasteiger partial charge in [0.2, 0.25) is 6.79 Å². The van der Waals surface area contributed by atoms with Crippen LogP contribution in [-0.2, 0) is 6.54 Å². The summed E-state index contributed by atoms with van der Waals surface area (Å²) in [5.41, 5.74) is 1.51. The second-order valence-corrected chi connectivity index (χ2v) is 6.46. The third-order valence-electron chi connectivity index (χ3n) is 3.66. The summed E-state index contributed by atoms with van der Waals surface area (Å²) in [5.74, 6) is 2.03. The van der Waals surface area contributed by atoms with Crippen molar-refractivity contribution in [2.24, 2.45) is 0 Å². The number of furan rings is 1. The van der Waals surface area contributed by atoms with Gasteiger partial charge in [0.05, 0.1) is 18.5 Å². The van der Waals surface area contributed by atoms with E-state index in [0.29, 0.717) is 23.7 Å². The molecule has 0 spiro atoms. The van der Waals surface area contributed by atoms with Gasteiger partial charge >= 0.3 is 6.03 Å². The fourth-order valence-electron chi connectivity index (χ4n) is 2.41. The molecule has 2 N–H and O–H groups in total. The van der Waals surface area contributed by atoms with Gasteiger partial charge in [-0.25, -0.2) is 9.78 Å². The minimum atomic E-state index is -0.300. The highest BCUT2D eigenvalue weighted by Gasteiger charge is 2.15. The van der Waals surface area contributed by atoms with Crippen LogP contribution in [0.1, 0.15) is 10.6 Å². The third-order valence-corrected chi connectivity index (χ3v) is 4.84. The summed E-state index contributed by atoms with van der Waals surface area (Å²) in [4.78, 5) is 17.6. The Morgan fingerprint density at radius 1 is 1.28 bits per heavy atom. The van der Waals surface area contributed by atoms with Crippen molar-refractivity contribution in [2.45, 2.75) is 13.5 Å². The van der Waals surface area contributed by atoms with Crippen molar-refractivity contribution in [2.75, 3.05) is 12.1 Å². The molecule has 1 aliphatic heterocycles. The fourth-order valence-corrected chi connectivity index (χ4v) is 3.38. The van der Waals surface area contributed by atoms with Crippen LogP contribution in [0.25, 0.3) is 10.8 Å². The Kier molecular flexibility index (Phi) is 4.02. The molecule has 1 aliphatic rings. The number of anilines is 1. The maximum atomic E-state index is 12.1.